The Hall–Kier alpha value is -2.53. The highest BCUT2D eigenvalue weighted by molar-refractivity contribution is 9.10. The number of rotatable bonds is 12. The second-order valence-corrected chi connectivity index (χ2v) is 7.14. The van der Waals surface area contributed by atoms with Crippen LogP contribution >= 0.6 is 15.9 Å². The van der Waals surface area contributed by atoms with Crippen molar-refractivity contribution in [2.24, 2.45) is 0 Å². The van der Waals surface area contributed by atoms with Gasteiger partial charge in [-0.25, -0.2) is 0 Å². The number of amides is 1. The number of carbonyl (C=O) groups excluding carboxylic acids is 1. The normalized spacial score (nSPS) is 11.4. The van der Waals surface area contributed by atoms with Crippen LogP contribution in [0.4, 0.5) is 0 Å². The zero-order chi connectivity index (χ0) is 21.8. The van der Waals surface area contributed by atoms with Gasteiger partial charge in [-0.3, -0.25) is 4.79 Å². The first-order valence-electron chi connectivity index (χ1n) is 9.54. The molecule has 2 aromatic carbocycles. The van der Waals surface area contributed by atoms with Crippen LogP contribution in [0.1, 0.15) is 24.2 Å². The number of halogens is 1. The number of benzene rings is 2. The molecule has 1 N–H and O–H groups in total. The number of hydrogen-bond acceptors (Lipinski definition) is 5. The highest BCUT2D eigenvalue weighted by Crippen LogP contribution is 2.28. The molecule has 30 heavy (non-hydrogen) atoms. The van der Waals surface area contributed by atoms with Gasteiger partial charge in [0.15, 0.2) is 17.6 Å². The lowest BCUT2D eigenvalue weighted by Gasteiger charge is -2.18. The van der Waals surface area contributed by atoms with Gasteiger partial charge in [0, 0.05) is 17.6 Å². The summed E-state index contributed by atoms with van der Waals surface area (Å²) in [6.45, 7) is 3.04. The van der Waals surface area contributed by atoms with Crippen molar-refractivity contribution in [1.82, 2.24) is 5.32 Å². The summed E-state index contributed by atoms with van der Waals surface area (Å²) in [7, 11) is 1.57. The first-order chi connectivity index (χ1) is 14.6. The van der Waals surface area contributed by atoms with Gasteiger partial charge in [-0.2, -0.15) is 0 Å². The van der Waals surface area contributed by atoms with Crippen LogP contribution in [-0.2, 0) is 20.7 Å². The summed E-state index contributed by atoms with van der Waals surface area (Å²) >= 11 is 3.40. The maximum absolute atomic E-state index is 12.7. The summed E-state index contributed by atoms with van der Waals surface area (Å²) in [5.41, 5.74) is 1.75. The van der Waals surface area contributed by atoms with Gasteiger partial charge in [-0.05, 0) is 48.7 Å². The third-order valence-electron chi connectivity index (χ3n) is 4.19. The Morgan fingerprint density at radius 3 is 2.63 bits per heavy atom. The van der Waals surface area contributed by atoms with Crippen molar-refractivity contribution in [3.05, 3.63) is 58.1 Å². The molecule has 0 spiro atoms. The fourth-order valence-electron chi connectivity index (χ4n) is 2.69. The van der Waals surface area contributed by atoms with Gasteiger partial charge in [0.05, 0.1) is 7.11 Å². The zero-order valence-electron chi connectivity index (χ0n) is 17.2. The van der Waals surface area contributed by atoms with Crippen molar-refractivity contribution in [3.63, 3.8) is 0 Å². The van der Waals surface area contributed by atoms with Gasteiger partial charge in [-0.15, -0.1) is 6.42 Å². The fraction of sp³-hybridized carbons (Fsp3) is 0.348. The van der Waals surface area contributed by atoms with E-state index in [0.29, 0.717) is 31.1 Å². The van der Waals surface area contributed by atoms with Crippen LogP contribution < -0.4 is 14.8 Å². The predicted molar refractivity (Wildman–Crippen MR) is 118 cm³/mol. The first kappa shape index (κ1) is 23.7. The zero-order valence-corrected chi connectivity index (χ0v) is 18.7. The molecule has 1 atom stereocenters. The van der Waals surface area contributed by atoms with Crippen molar-refractivity contribution in [2.45, 2.75) is 19.4 Å². The second kappa shape index (κ2) is 12.9. The molecule has 0 aliphatic heterocycles. The Morgan fingerprint density at radius 1 is 1.20 bits per heavy atom. The van der Waals surface area contributed by atoms with Crippen LogP contribution in [0.3, 0.4) is 0 Å². The molecule has 0 fully saturated rings. The third-order valence-corrected chi connectivity index (χ3v) is 4.71. The van der Waals surface area contributed by atoms with E-state index in [-0.39, 0.29) is 19.3 Å². The standard InChI is InChI=1S/C23H26BrNO5/c1-4-14-29-20-11-6-17(15-21(20)27-3)12-13-25-23(26)22(30-16-28-5-2)18-7-9-19(24)10-8-18/h1,6-11,15,22H,5,12-14,16H2,2-3H3,(H,25,26). The molecule has 0 saturated heterocycles. The molecule has 2 rings (SSSR count). The van der Waals surface area contributed by atoms with Gasteiger partial charge >= 0.3 is 0 Å². The minimum absolute atomic E-state index is 0.0426. The van der Waals surface area contributed by atoms with Gasteiger partial charge in [0.2, 0.25) is 0 Å². The van der Waals surface area contributed by atoms with E-state index in [1.165, 1.54) is 0 Å². The lowest BCUT2D eigenvalue weighted by atomic mass is 10.1. The Balaban J connectivity index is 1.97. The van der Waals surface area contributed by atoms with Crippen LogP contribution in [0, 0.1) is 12.3 Å². The van der Waals surface area contributed by atoms with Crippen LogP contribution in [0.15, 0.2) is 46.9 Å². The topological polar surface area (TPSA) is 66.0 Å². The summed E-state index contributed by atoms with van der Waals surface area (Å²) in [6.07, 6.45) is 5.10. The summed E-state index contributed by atoms with van der Waals surface area (Å²) in [5.74, 6) is 3.39. The van der Waals surface area contributed by atoms with E-state index in [4.69, 9.17) is 25.4 Å². The lowest BCUT2D eigenvalue weighted by molar-refractivity contribution is -0.144. The van der Waals surface area contributed by atoms with Gasteiger partial charge in [0.1, 0.15) is 13.4 Å². The molecule has 1 unspecified atom stereocenters. The van der Waals surface area contributed by atoms with E-state index in [1.807, 2.05) is 49.4 Å². The monoisotopic (exact) mass is 475 g/mol. The van der Waals surface area contributed by atoms with Crippen LogP contribution in [0.25, 0.3) is 0 Å². The molecule has 0 aromatic heterocycles. The van der Waals surface area contributed by atoms with Gasteiger partial charge < -0.3 is 24.3 Å². The minimum atomic E-state index is -0.751. The molecule has 160 valence electrons. The van der Waals surface area contributed by atoms with Crippen LogP contribution in [-0.4, -0.2) is 39.6 Å². The summed E-state index contributed by atoms with van der Waals surface area (Å²) in [4.78, 5) is 12.7. The van der Waals surface area contributed by atoms with Crippen LogP contribution in [0.5, 0.6) is 11.5 Å². The first-order valence-corrected chi connectivity index (χ1v) is 10.3. The molecule has 0 aliphatic rings. The summed E-state index contributed by atoms with van der Waals surface area (Å²) < 4.78 is 22.6. The molecule has 1 amide bonds. The van der Waals surface area contributed by atoms with Gasteiger partial charge in [-0.1, -0.05) is 40.0 Å². The number of ether oxygens (including phenoxy) is 4. The van der Waals surface area contributed by atoms with E-state index in [0.717, 1.165) is 15.6 Å². The summed E-state index contributed by atoms with van der Waals surface area (Å²) in [5, 5.41) is 2.93. The van der Waals surface area contributed by atoms with E-state index in [2.05, 4.69) is 27.2 Å². The molecule has 0 aliphatic carbocycles. The largest absolute Gasteiger partial charge is 0.493 e. The van der Waals surface area contributed by atoms with Crippen molar-refractivity contribution in [3.8, 4) is 23.8 Å². The Kier molecular flexibility index (Phi) is 10.2. The Morgan fingerprint density at radius 2 is 1.97 bits per heavy atom. The van der Waals surface area contributed by atoms with E-state index >= 15 is 0 Å². The Bertz CT molecular complexity index is 848. The Labute approximate surface area is 186 Å². The number of methoxy groups -OCH3 is 1. The molecule has 0 bridgehead atoms. The van der Waals surface area contributed by atoms with Gasteiger partial charge in [0.25, 0.3) is 5.91 Å². The smallest absolute Gasteiger partial charge is 0.253 e. The number of nitrogens with one attached hydrogen (secondary N) is 1. The third kappa shape index (κ3) is 7.38. The average molecular weight is 476 g/mol. The highest BCUT2D eigenvalue weighted by atomic mass is 79.9. The molecule has 0 saturated carbocycles. The maximum atomic E-state index is 12.7. The van der Waals surface area contributed by atoms with Crippen molar-refractivity contribution < 1.29 is 23.7 Å². The average Bonchev–Trinajstić information content (AvgIpc) is 2.76. The molecular formula is C23H26BrNO5. The number of terminal acetylenes is 1. The molecule has 7 heteroatoms. The SMILES string of the molecule is C#CCOc1ccc(CCNC(=O)C(OCOCC)c2ccc(Br)cc2)cc1OC. The molecule has 0 radical (unpaired) electrons. The van der Waals surface area contributed by atoms with E-state index < -0.39 is 6.10 Å². The number of hydrogen-bond donors (Lipinski definition) is 1. The lowest BCUT2D eigenvalue weighted by Crippen LogP contribution is -2.32. The summed E-state index contributed by atoms with van der Waals surface area (Å²) in [6, 6.07) is 13.0. The highest BCUT2D eigenvalue weighted by Gasteiger charge is 2.21. The van der Waals surface area contributed by atoms with Crippen molar-refractivity contribution in [1.29, 1.82) is 0 Å². The molecular weight excluding hydrogens is 450 g/mol. The maximum Gasteiger partial charge on any atom is 0.253 e. The minimum Gasteiger partial charge on any atom is -0.493 e. The number of carbonyl (C=O) groups is 1. The molecule has 2 aromatic rings. The van der Waals surface area contributed by atoms with E-state index in [9.17, 15) is 4.79 Å². The predicted octanol–water partition coefficient (Wildman–Crippen LogP) is 3.88. The quantitative estimate of drug-likeness (QED) is 0.286. The fourth-order valence-corrected chi connectivity index (χ4v) is 2.95. The van der Waals surface area contributed by atoms with Crippen LogP contribution in [0.2, 0.25) is 0 Å². The van der Waals surface area contributed by atoms with Crippen molar-refractivity contribution in [2.75, 3.05) is 33.7 Å². The second-order valence-electron chi connectivity index (χ2n) is 6.23. The molecule has 6 nitrogen and oxygen atoms in total. The molecule has 0 heterocycles. The van der Waals surface area contributed by atoms with E-state index in [1.54, 1.807) is 7.11 Å². The van der Waals surface area contributed by atoms with Crippen molar-refractivity contribution >= 4 is 21.8 Å².